The highest BCUT2D eigenvalue weighted by molar-refractivity contribution is 9.10. The van der Waals surface area contributed by atoms with Crippen molar-refractivity contribution in [1.82, 2.24) is 24.7 Å². The van der Waals surface area contributed by atoms with Gasteiger partial charge in [-0.2, -0.15) is 18.4 Å². The summed E-state index contributed by atoms with van der Waals surface area (Å²) in [5.41, 5.74) is 2.01. The monoisotopic (exact) mass is 498 g/mol. The number of benzene rings is 1. The van der Waals surface area contributed by atoms with Gasteiger partial charge in [-0.15, -0.1) is 10.2 Å². The molecule has 2 aromatic heterocycles. The fraction of sp³-hybridized carbons (Fsp3) is 0.450. The molecular formula is C20H22BrF3N6O. The van der Waals surface area contributed by atoms with E-state index in [0.717, 1.165) is 6.54 Å². The molecule has 0 saturated carbocycles. The molecule has 3 heterocycles. The van der Waals surface area contributed by atoms with E-state index in [1.807, 2.05) is 18.7 Å². The van der Waals surface area contributed by atoms with Gasteiger partial charge in [-0.1, -0.05) is 22.9 Å². The second-order valence-electron chi connectivity index (χ2n) is 7.50. The lowest BCUT2D eigenvalue weighted by atomic mass is 10.0. The Morgan fingerprint density at radius 2 is 2.06 bits per heavy atom. The van der Waals surface area contributed by atoms with Gasteiger partial charge in [0.1, 0.15) is 17.6 Å². The molecule has 7 nitrogen and oxygen atoms in total. The highest BCUT2D eigenvalue weighted by atomic mass is 79.9. The predicted octanol–water partition coefficient (Wildman–Crippen LogP) is 4.31. The average Bonchev–Trinajstić information content (AvgIpc) is 3.10. The first kappa shape index (κ1) is 21.8. The Labute approximate surface area is 185 Å². The van der Waals surface area contributed by atoms with Crippen LogP contribution in [0.4, 0.5) is 19.1 Å². The van der Waals surface area contributed by atoms with Crippen molar-refractivity contribution in [3.05, 3.63) is 34.4 Å². The van der Waals surface area contributed by atoms with Crippen LogP contribution in [-0.2, 0) is 0 Å². The second kappa shape index (κ2) is 8.99. The molecule has 2 atom stereocenters. The number of likely N-dealkylation sites (tertiary alicyclic amines) is 1. The van der Waals surface area contributed by atoms with Gasteiger partial charge in [0.15, 0.2) is 0 Å². The maximum atomic E-state index is 14.1. The summed E-state index contributed by atoms with van der Waals surface area (Å²) in [5.74, 6) is 0.349. The summed E-state index contributed by atoms with van der Waals surface area (Å²) in [6, 6.07) is 6.44. The van der Waals surface area contributed by atoms with E-state index in [-0.39, 0.29) is 11.8 Å². The fourth-order valence-electron chi connectivity index (χ4n) is 3.86. The smallest absolute Gasteiger partial charge is 0.387 e. The van der Waals surface area contributed by atoms with Crippen LogP contribution in [0.5, 0.6) is 5.75 Å². The van der Waals surface area contributed by atoms with Crippen LogP contribution in [0.15, 0.2) is 28.7 Å². The number of nitrogens with one attached hydrogen (secondary N) is 1. The van der Waals surface area contributed by atoms with Gasteiger partial charge in [0.05, 0.1) is 11.2 Å². The lowest BCUT2D eigenvalue weighted by Crippen LogP contribution is -2.47. The number of rotatable bonds is 6. The number of ether oxygens (including phenoxy) is 1. The van der Waals surface area contributed by atoms with Crippen molar-refractivity contribution >= 4 is 27.4 Å². The number of fused-ring (bicyclic) bond motifs is 1. The van der Waals surface area contributed by atoms with Crippen LogP contribution in [0, 0.1) is 6.92 Å². The van der Waals surface area contributed by atoms with Gasteiger partial charge < -0.3 is 10.1 Å². The van der Waals surface area contributed by atoms with E-state index >= 15 is 0 Å². The summed E-state index contributed by atoms with van der Waals surface area (Å²) in [6.07, 6.45) is -0.564. The number of nitrogens with zero attached hydrogens (tertiary/aromatic N) is 5. The van der Waals surface area contributed by atoms with Crippen molar-refractivity contribution in [3.63, 3.8) is 0 Å². The van der Waals surface area contributed by atoms with Crippen LogP contribution < -0.4 is 10.1 Å². The first-order valence-electron chi connectivity index (χ1n) is 9.94. The number of alkyl halides is 3. The minimum atomic E-state index is -2.98. The highest BCUT2D eigenvalue weighted by Crippen LogP contribution is 2.35. The van der Waals surface area contributed by atoms with E-state index in [1.54, 1.807) is 22.7 Å². The normalized spacial score (nSPS) is 19.8. The van der Waals surface area contributed by atoms with Gasteiger partial charge in [-0.3, -0.25) is 4.90 Å². The number of hydrogen-bond acceptors (Lipinski definition) is 6. The maximum Gasteiger partial charge on any atom is 0.387 e. The van der Waals surface area contributed by atoms with Gasteiger partial charge in [-0.25, -0.2) is 4.39 Å². The van der Waals surface area contributed by atoms with Crippen LogP contribution in [0.2, 0.25) is 0 Å². The Hall–Kier alpha value is -2.40. The van der Waals surface area contributed by atoms with Crippen molar-refractivity contribution in [3.8, 4) is 17.0 Å². The second-order valence-corrected chi connectivity index (χ2v) is 8.42. The molecule has 11 heteroatoms. The molecule has 1 aromatic carbocycles. The minimum absolute atomic E-state index is 0.0220. The Morgan fingerprint density at radius 1 is 1.26 bits per heavy atom. The average molecular weight is 499 g/mol. The molecule has 0 amide bonds. The summed E-state index contributed by atoms with van der Waals surface area (Å²) in [5, 5.41) is 16.3. The molecule has 3 aromatic rings. The number of aryl methyl sites for hydroxylation is 1. The Balaban J connectivity index is 1.73. The largest absolute Gasteiger partial charge is 0.434 e. The SMILES string of the molecule is CCN1C[C@@H](F)C[C@H](Nc2nnc(-c3ccc(Br)cc3OC(F)F)c3cc(C)nn23)C1. The molecule has 1 aliphatic heterocycles. The van der Waals surface area contributed by atoms with Gasteiger partial charge in [0.2, 0.25) is 5.95 Å². The molecule has 0 unspecified atom stereocenters. The minimum Gasteiger partial charge on any atom is -0.434 e. The first-order chi connectivity index (χ1) is 14.8. The van der Waals surface area contributed by atoms with Crippen LogP contribution in [-0.4, -0.2) is 63.2 Å². The zero-order valence-electron chi connectivity index (χ0n) is 17.0. The summed E-state index contributed by atoms with van der Waals surface area (Å²) < 4.78 is 46.9. The van der Waals surface area contributed by atoms with E-state index in [1.165, 1.54) is 6.07 Å². The number of anilines is 1. The van der Waals surface area contributed by atoms with Gasteiger partial charge in [-0.05, 0) is 37.7 Å². The lowest BCUT2D eigenvalue weighted by Gasteiger charge is -2.34. The zero-order chi connectivity index (χ0) is 22.1. The van der Waals surface area contributed by atoms with E-state index in [2.05, 4.69) is 36.5 Å². The third kappa shape index (κ3) is 4.77. The summed E-state index contributed by atoms with van der Waals surface area (Å²) in [7, 11) is 0. The number of likely N-dealkylation sites (N-methyl/N-ethyl adjacent to an activating group) is 1. The fourth-order valence-corrected chi connectivity index (χ4v) is 4.20. The molecule has 0 aliphatic carbocycles. The molecule has 0 spiro atoms. The van der Waals surface area contributed by atoms with Crippen LogP contribution in [0.25, 0.3) is 16.8 Å². The van der Waals surface area contributed by atoms with Crippen molar-refractivity contribution < 1.29 is 17.9 Å². The van der Waals surface area contributed by atoms with Gasteiger partial charge in [0, 0.05) is 35.6 Å². The summed E-state index contributed by atoms with van der Waals surface area (Å²) in [6.45, 7) is 2.70. The van der Waals surface area contributed by atoms with Crippen molar-refractivity contribution in [1.29, 1.82) is 0 Å². The van der Waals surface area contributed by atoms with E-state index in [4.69, 9.17) is 4.74 Å². The third-order valence-corrected chi connectivity index (χ3v) is 5.68. The molecule has 1 saturated heterocycles. The Bertz CT molecular complexity index is 1080. The zero-order valence-corrected chi connectivity index (χ0v) is 18.6. The lowest BCUT2D eigenvalue weighted by molar-refractivity contribution is -0.0495. The van der Waals surface area contributed by atoms with Crippen molar-refractivity contribution in [2.75, 3.05) is 25.0 Å². The highest BCUT2D eigenvalue weighted by Gasteiger charge is 2.27. The third-order valence-electron chi connectivity index (χ3n) is 5.19. The molecule has 4 rings (SSSR count). The Kier molecular flexibility index (Phi) is 6.33. The molecule has 31 heavy (non-hydrogen) atoms. The van der Waals surface area contributed by atoms with Crippen LogP contribution in [0.3, 0.4) is 0 Å². The maximum absolute atomic E-state index is 14.1. The van der Waals surface area contributed by atoms with Crippen LogP contribution in [0.1, 0.15) is 19.0 Å². The van der Waals surface area contributed by atoms with Gasteiger partial charge in [0.25, 0.3) is 0 Å². The molecule has 1 aliphatic rings. The standard InChI is InChI=1S/C20H22BrF3N6O/c1-3-29-9-13(22)8-14(10-29)25-20-27-26-18(16-6-11(2)28-30(16)20)15-5-4-12(21)7-17(15)31-19(23)24/h4-7,13-14,19H,3,8-10H2,1-2H3,(H,25,27)/t13-,14-/m0/s1. The number of piperidine rings is 1. The number of aromatic nitrogens is 4. The van der Waals surface area contributed by atoms with Crippen LogP contribution >= 0.6 is 15.9 Å². The van der Waals surface area contributed by atoms with E-state index in [0.29, 0.717) is 52.4 Å². The summed E-state index contributed by atoms with van der Waals surface area (Å²) >= 11 is 3.27. The first-order valence-corrected chi connectivity index (χ1v) is 10.7. The molecule has 1 fully saturated rings. The molecular weight excluding hydrogens is 477 g/mol. The molecule has 1 N–H and O–H groups in total. The quantitative estimate of drug-likeness (QED) is 0.546. The van der Waals surface area contributed by atoms with Crippen molar-refractivity contribution in [2.24, 2.45) is 0 Å². The predicted molar refractivity (Wildman–Crippen MR) is 114 cm³/mol. The van der Waals surface area contributed by atoms with E-state index in [9.17, 15) is 13.2 Å². The number of hydrogen-bond donors (Lipinski definition) is 1. The summed E-state index contributed by atoms with van der Waals surface area (Å²) in [4.78, 5) is 2.04. The molecule has 166 valence electrons. The number of halogens is 4. The topological polar surface area (TPSA) is 67.6 Å². The molecule has 0 bridgehead atoms. The van der Waals surface area contributed by atoms with Gasteiger partial charge >= 0.3 is 6.61 Å². The van der Waals surface area contributed by atoms with Crippen molar-refractivity contribution in [2.45, 2.75) is 39.1 Å². The molecule has 0 radical (unpaired) electrons. The Morgan fingerprint density at radius 3 is 2.81 bits per heavy atom. The van der Waals surface area contributed by atoms with E-state index < -0.39 is 12.8 Å².